The largest absolute Gasteiger partial charge is 0.390 e. The van der Waals surface area contributed by atoms with Crippen molar-refractivity contribution in [3.8, 4) is 5.69 Å². The number of aromatic nitrogens is 2. The molecule has 0 bridgehead atoms. The molecule has 0 radical (unpaired) electrons. The number of carbonyl (C=O) groups excluding carboxylic acids is 2. The molecule has 0 saturated heterocycles. The van der Waals surface area contributed by atoms with Gasteiger partial charge in [-0.1, -0.05) is 11.6 Å². The van der Waals surface area contributed by atoms with Crippen LogP contribution in [-0.2, 0) is 9.59 Å². The van der Waals surface area contributed by atoms with Crippen LogP contribution in [0.15, 0.2) is 36.7 Å². The molecule has 2 rings (SSSR count). The molecule has 25 heavy (non-hydrogen) atoms. The molecular formula is C16H20ClN5O3. The van der Waals surface area contributed by atoms with Gasteiger partial charge in [0.2, 0.25) is 0 Å². The van der Waals surface area contributed by atoms with E-state index in [2.05, 4.69) is 15.7 Å². The van der Waals surface area contributed by atoms with Crippen LogP contribution in [0.1, 0.15) is 0 Å². The van der Waals surface area contributed by atoms with E-state index in [1.54, 1.807) is 54.3 Å². The molecule has 2 aromatic rings. The summed E-state index contributed by atoms with van der Waals surface area (Å²) in [5, 5.41) is 19.0. The Labute approximate surface area is 150 Å². The molecule has 0 saturated carbocycles. The number of aliphatic hydroxyl groups is 1. The molecule has 8 nitrogen and oxygen atoms in total. The van der Waals surface area contributed by atoms with Crippen molar-refractivity contribution >= 4 is 29.1 Å². The van der Waals surface area contributed by atoms with Gasteiger partial charge >= 0.3 is 11.8 Å². The van der Waals surface area contributed by atoms with E-state index >= 15 is 0 Å². The first kappa shape index (κ1) is 18.9. The monoisotopic (exact) mass is 365 g/mol. The molecule has 1 aromatic carbocycles. The van der Waals surface area contributed by atoms with E-state index in [-0.39, 0.29) is 6.54 Å². The average molecular weight is 366 g/mol. The van der Waals surface area contributed by atoms with Gasteiger partial charge < -0.3 is 20.6 Å². The second-order valence-corrected chi connectivity index (χ2v) is 6.10. The normalized spacial score (nSPS) is 12.0. The van der Waals surface area contributed by atoms with E-state index in [9.17, 15) is 14.7 Å². The summed E-state index contributed by atoms with van der Waals surface area (Å²) in [5.41, 5.74) is 1.04. The molecule has 9 heteroatoms. The molecule has 0 aliphatic carbocycles. The third-order valence-electron chi connectivity index (χ3n) is 3.24. The van der Waals surface area contributed by atoms with Crippen molar-refractivity contribution in [2.75, 3.05) is 32.5 Å². The summed E-state index contributed by atoms with van der Waals surface area (Å²) in [6.07, 6.45) is 2.61. The maximum Gasteiger partial charge on any atom is 0.313 e. The van der Waals surface area contributed by atoms with Gasteiger partial charge in [-0.05, 0) is 38.4 Å². The van der Waals surface area contributed by atoms with Crippen molar-refractivity contribution in [2.24, 2.45) is 0 Å². The predicted molar refractivity (Wildman–Crippen MR) is 94.8 cm³/mol. The standard InChI is InChI=1S/C16H20ClN5O3/c1-21(2)10-12(23)9-18-15(24)16(25)20-11-4-5-14(13(17)8-11)22-7-3-6-19-22/h3-8,12,23H,9-10H2,1-2H3,(H,18,24)(H,20,25). The molecule has 1 heterocycles. The zero-order valence-electron chi connectivity index (χ0n) is 13.9. The lowest BCUT2D eigenvalue weighted by molar-refractivity contribution is -0.136. The summed E-state index contributed by atoms with van der Waals surface area (Å²) in [5.74, 6) is -1.66. The molecule has 0 fully saturated rings. The van der Waals surface area contributed by atoms with Crippen molar-refractivity contribution in [1.29, 1.82) is 0 Å². The number of amides is 2. The van der Waals surface area contributed by atoms with Crippen LogP contribution in [0.4, 0.5) is 5.69 Å². The molecule has 1 atom stereocenters. The minimum Gasteiger partial charge on any atom is -0.390 e. The summed E-state index contributed by atoms with van der Waals surface area (Å²) in [7, 11) is 3.60. The van der Waals surface area contributed by atoms with Crippen molar-refractivity contribution in [3.05, 3.63) is 41.7 Å². The Bertz CT molecular complexity index is 733. The Kier molecular flexibility index (Phi) is 6.51. The van der Waals surface area contributed by atoms with Crippen LogP contribution in [0.5, 0.6) is 0 Å². The van der Waals surface area contributed by atoms with Crippen LogP contribution >= 0.6 is 11.6 Å². The van der Waals surface area contributed by atoms with Gasteiger partial charge in [-0.3, -0.25) is 9.59 Å². The molecule has 1 aromatic heterocycles. The fraction of sp³-hybridized carbons (Fsp3) is 0.312. The molecular weight excluding hydrogens is 346 g/mol. The zero-order valence-corrected chi connectivity index (χ0v) is 14.7. The number of halogens is 1. The fourth-order valence-corrected chi connectivity index (χ4v) is 2.41. The first-order valence-electron chi connectivity index (χ1n) is 7.58. The van der Waals surface area contributed by atoms with E-state index < -0.39 is 17.9 Å². The second-order valence-electron chi connectivity index (χ2n) is 5.70. The van der Waals surface area contributed by atoms with Crippen LogP contribution in [-0.4, -0.2) is 64.9 Å². The number of nitrogens with one attached hydrogen (secondary N) is 2. The third kappa shape index (κ3) is 5.56. The van der Waals surface area contributed by atoms with Crippen molar-refractivity contribution in [1.82, 2.24) is 20.0 Å². The highest BCUT2D eigenvalue weighted by Crippen LogP contribution is 2.23. The van der Waals surface area contributed by atoms with Crippen LogP contribution in [0.25, 0.3) is 5.69 Å². The lowest BCUT2D eigenvalue weighted by Gasteiger charge is -2.16. The van der Waals surface area contributed by atoms with E-state index in [0.717, 1.165) is 0 Å². The number of carbonyl (C=O) groups is 2. The first-order chi connectivity index (χ1) is 11.9. The summed E-state index contributed by atoms with van der Waals surface area (Å²) in [6, 6.07) is 6.60. The topological polar surface area (TPSA) is 99.5 Å². The number of benzene rings is 1. The van der Waals surface area contributed by atoms with E-state index in [4.69, 9.17) is 11.6 Å². The zero-order chi connectivity index (χ0) is 18.4. The van der Waals surface area contributed by atoms with Crippen LogP contribution in [0.3, 0.4) is 0 Å². The van der Waals surface area contributed by atoms with Gasteiger partial charge in [0.25, 0.3) is 0 Å². The second kappa shape index (κ2) is 8.61. The third-order valence-corrected chi connectivity index (χ3v) is 3.54. The van der Waals surface area contributed by atoms with Crippen LogP contribution < -0.4 is 10.6 Å². The minimum absolute atomic E-state index is 0.0105. The van der Waals surface area contributed by atoms with E-state index in [0.29, 0.717) is 22.9 Å². The Morgan fingerprint density at radius 1 is 1.36 bits per heavy atom. The average Bonchev–Trinajstić information content (AvgIpc) is 3.06. The number of aliphatic hydroxyl groups excluding tert-OH is 1. The quantitative estimate of drug-likeness (QED) is 0.647. The first-order valence-corrected chi connectivity index (χ1v) is 7.96. The maximum absolute atomic E-state index is 11.9. The van der Waals surface area contributed by atoms with E-state index in [1.165, 1.54) is 6.07 Å². The van der Waals surface area contributed by atoms with Crippen LogP contribution in [0, 0.1) is 0 Å². The summed E-state index contributed by atoms with van der Waals surface area (Å²) in [6.45, 7) is 0.371. The highest BCUT2D eigenvalue weighted by atomic mass is 35.5. The summed E-state index contributed by atoms with van der Waals surface area (Å²) < 4.78 is 1.59. The highest BCUT2D eigenvalue weighted by molar-refractivity contribution is 6.40. The smallest absolute Gasteiger partial charge is 0.313 e. The number of anilines is 1. The Balaban J connectivity index is 1.92. The van der Waals surface area contributed by atoms with Gasteiger partial charge in [0.15, 0.2) is 0 Å². The number of nitrogens with zero attached hydrogens (tertiary/aromatic N) is 3. The molecule has 1 unspecified atom stereocenters. The maximum atomic E-state index is 11.9. The predicted octanol–water partition coefficient (Wildman–Crippen LogP) is 0.503. The molecule has 2 amide bonds. The van der Waals surface area contributed by atoms with Crippen molar-refractivity contribution in [2.45, 2.75) is 6.10 Å². The minimum atomic E-state index is -0.833. The number of hydrogen-bond acceptors (Lipinski definition) is 5. The van der Waals surface area contributed by atoms with Gasteiger partial charge in [-0.2, -0.15) is 5.10 Å². The Morgan fingerprint density at radius 2 is 2.12 bits per heavy atom. The lowest BCUT2D eigenvalue weighted by Crippen LogP contribution is -2.42. The molecule has 0 spiro atoms. The fourth-order valence-electron chi connectivity index (χ4n) is 2.15. The number of rotatable bonds is 6. The van der Waals surface area contributed by atoms with Gasteiger partial charge in [0.1, 0.15) is 0 Å². The highest BCUT2D eigenvalue weighted by Gasteiger charge is 2.16. The van der Waals surface area contributed by atoms with Gasteiger partial charge in [0, 0.05) is 31.2 Å². The molecule has 0 aliphatic rings. The van der Waals surface area contributed by atoms with Gasteiger partial charge in [-0.15, -0.1) is 0 Å². The molecule has 3 N–H and O–H groups in total. The van der Waals surface area contributed by atoms with Gasteiger partial charge in [-0.25, -0.2) is 4.68 Å². The van der Waals surface area contributed by atoms with E-state index in [1.807, 2.05) is 0 Å². The number of likely N-dealkylation sites (N-methyl/N-ethyl adjacent to an activating group) is 1. The lowest BCUT2D eigenvalue weighted by atomic mass is 10.2. The number of hydrogen-bond donors (Lipinski definition) is 3. The van der Waals surface area contributed by atoms with Crippen molar-refractivity contribution < 1.29 is 14.7 Å². The van der Waals surface area contributed by atoms with Crippen LogP contribution in [0.2, 0.25) is 5.02 Å². The molecule has 0 aliphatic heterocycles. The Morgan fingerprint density at radius 3 is 2.72 bits per heavy atom. The Hall–Kier alpha value is -2.42. The van der Waals surface area contributed by atoms with Gasteiger partial charge in [0.05, 0.1) is 16.8 Å². The molecule has 134 valence electrons. The van der Waals surface area contributed by atoms with Crippen molar-refractivity contribution in [3.63, 3.8) is 0 Å². The SMILES string of the molecule is CN(C)CC(O)CNC(=O)C(=O)Nc1ccc(-n2cccn2)c(Cl)c1. The summed E-state index contributed by atoms with van der Waals surface area (Å²) in [4.78, 5) is 25.5. The summed E-state index contributed by atoms with van der Waals surface area (Å²) >= 11 is 6.18.